The molecule has 0 radical (unpaired) electrons. The van der Waals surface area contributed by atoms with E-state index in [9.17, 15) is 4.79 Å². The van der Waals surface area contributed by atoms with Crippen LogP contribution in [0.25, 0.3) is 0 Å². The van der Waals surface area contributed by atoms with E-state index >= 15 is 0 Å². The molecule has 2 atom stereocenters. The van der Waals surface area contributed by atoms with Crippen molar-refractivity contribution in [2.24, 2.45) is 5.92 Å². The summed E-state index contributed by atoms with van der Waals surface area (Å²) >= 11 is 0. The molecule has 68 valence electrons. The normalized spacial score (nSPS) is 30.2. The van der Waals surface area contributed by atoms with Crippen LogP contribution in [0.2, 0.25) is 0 Å². The summed E-state index contributed by atoms with van der Waals surface area (Å²) in [4.78, 5) is 11.5. The molecule has 1 saturated heterocycles. The van der Waals surface area contributed by atoms with Gasteiger partial charge in [-0.2, -0.15) is 0 Å². The number of nitrogens with one attached hydrogen (secondary N) is 1. The van der Waals surface area contributed by atoms with E-state index in [1.165, 1.54) is 5.69 Å². The molecule has 0 amide bonds. The lowest BCUT2D eigenvalue weighted by Crippen LogP contribution is -2.22. The minimum absolute atomic E-state index is 0.159. The first-order valence-electron chi connectivity index (χ1n) is 4.77. The zero-order valence-corrected chi connectivity index (χ0v) is 7.36. The van der Waals surface area contributed by atoms with Crippen LogP contribution in [0.5, 0.6) is 0 Å². The van der Waals surface area contributed by atoms with Gasteiger partial charge >= 0.3 is 0 Å². The fourth-order valence-electron chi connectivity index (χ4n) is 2.56. The summed E-state index contributed by atoms with van der Waals surface area (Å²) in [5.41, 5.74) is 1.38. The molecule has 0 saturated carbocycles. The Morgan fingerprint density at radius 3 is 3.23 bits per heavy atom. The quantitative estimate of drug-likeness (QED) is 0.611. The molecule has 13 heavy (non-hydrogen) atoms. The first kappa shape index (κ1) is 7.33. The summed E-state index contributed by atoms with van der Waals surface area (Å²) in [5, 5.41) is 3.37. The molecule has 1 fully saturated rings. The second-order valence-electron chi connectivity index (χ2n) is 3.92. The highest BCUT2D eigenvalue weighted by Gasteiger charge is 2.36. The van der Waals surface area contributed by atoms with E-state index in [1.807, 2.05) is 10.6 Å². The van der Waals surface area contributed by atoms with Gasteiger partial charge in [0.25, 0.3) is 5.56 Å². The number of rotatable bonds is 0. The predicted octanol–water partition coefficient (Wildman–Crippen LogP) is 0.165. The highest BCUT2D eigenvalue weighted by molar-refractivity contribution is 5.20. The van der Waals surface area contributed by atoms with E-state index in [0.29, 0.717) is 11.8 Å². The Hall–Kier alpha value is -1.09. The van der Waals surface area contributed by atoms with E-state index in [2.05, 4.69) is 11.4 Å². The second-order valence-corrected chi connectivity index (χ2v) is 3.92. The maximum absolute atomic E-state index is 11.5. The fraction of sp³-hybridized carbons (Fsp3) is 0.500. The molecular weight excluding hydrogens is 164 g/mol. The van der Waals surface area contributed by atoms with Gasteiger partial charge in [-0.05, 0) is 12.0 Å². The number of aromatic nitrogens is 1. The summed E-state index contributed by atoms with van der Waals surface area (Å²) < 4.78 is 1.93. The van der Waals surface area contributed by atoms with Crippen LogP contribution in [0.3, 0.4) is 0 Å². The highest BCUT2D eigenvalue weighted by Crippen LogP contribution is 2.33. The SMILES string of the molecule is O=c1cccc2n1C[C@@H]1CNC[C@H]21. The van der Waals surface area contributed by atoms with Crippen LogP contribution in [0.1, 0.15) is 11.6 Å². The Kier molecular flexibility index (Phi) is 1.38. The molecule has 3 rings (SSSR count). The largest absolute Gasteiger partial charge is 0.316 e. The van der Waals surface area contributed by atoms with E-state index in [4.69, 9.17) is 0 Å². The monoisotopic (exact) mass is 176 g/mol. The summed E-state index contributed by atoms with van der Waals surface area (Å²) in [6, 6.07) is 5.60. The van der Waals surface area contributed by atoms with Gasteiger partial charge in [0.1, 0.15) is 0 Å². The van der Waals surface area contributed by atoms with Crippen LogP contribution in [0.15, 0.2) is 23.0 Å². The maximum atomic E-state index is 11.5. The third-order valence-electron chi connectivity index (χ3n) is 3.22. The van der Waals surface area contributed by atoms with Gasteiger partial charge in [-0.3, -0.25) is 4.79 Å². The zero-order valence-electron chi connectivity index (χ0n) is 7.36. The van der Waals surface area contributed by atoms with Gasteiger partial charge in [0, 0.05) is 37.3 Å². The molecule has 1 N–H and O–H groups in total. The van der Waals surface area contributed by atoms with Crippen molar-refractivity contribution in [2.75, 3.05) is 13.1 Å². The van der Waals surface area contributed by atoms with Crippen LogP contribution in [-0.4, -0.2) is 17.7 Å². The van der Waals surface area contributed by atoms with Crippen molar-refractivity contribution in [1.29, 1.82) is 0 Å². The van der Waals surface area contributed by atoms with E-state index in [1.54, 1.807) is 6.07 Å². The summed E-state index contributed by atoms with van der Waals surface area (Å²) in [5.74, 6) is 1.23. The number of fused-ring (bicyclic) bond motifs is 3. The van der Waals surface area contributed by atoms with Gasteiger partial charge in [0.2, 0.25) is 0 Å². The molecule has 1 aromatic heterocycles. The Morgan fingerprint density at radius 1 is 1.38 bits per heavy atom. The minimum Gasteiger partial charge on any atom is -0.316 e. The van der Waals surface area contributed by atoms with Gasteiger partial charge < -0.3 is 9.88 Å². The molecule has 3 heteroatoms. The standard InChI is InChI=1S/C10H12N2O/c13-10-3-1-2-9-8-5-11-4-7(8)6-12(9)10/h1-3,7-8,11H,4-6H2/t7-,8-/m0/s1. The fourth-order valence-corrected chi connectivity index (χ4v) is 2.56. The van der Waals surface area contributed by atoms with Crippen LogP contribution >= 0.6 is 0 Å². The van der Waals surface area contributed by atoms with E-state index in [-0.39, 0.29) is 5.56 Å². The zero-order chi connectivity index (χ0) is 8.84. The van der Waals surface area contributed by atoms with Crippen molar-refractivity contribution in [1.82, 2.24) is 9.88 Å². The molecule has 0 bridgehead atoms. The van der Waals surface area contributed by atoms with Crippen LogP contribution in [0, 0.1) is 5.92 Å². The van der Waals surface area contributed by atoms with Gasteiger partial charge in [-0.1, -0.05) is 6.07 Å². The predicted molar refractivity (Wildman–Crippen MR) is 49.8 cm³/mol. The summed E-state index contributed by atoms with van der Waals surface area (Å²) in [6.45, 7) is 3.01. The lowest BCUT2D eigenvalue weighted by molar-refractivity contribution is 0.517. The molecule has 2 aliphatic heterocycles. The maximum Gasteiger partial charge on any atom is 0.250 e. The molecule has 3 heterocycles. The Balaban J connectivity index is 2.17. The summed E-state index contributed by atoms with van der Waals surface area (Å²) in [6.07, 6.45) is 0. The highest BCUT2D eigenvalue weighted by atomic mass is 16.1. The van der Waals surface area contributed by atoms with Crippen molar-refractivity contribution in [2.45, 2.75) is 12.5 Å². The van der Waals surface area contributed by atoms with Crippen LogP contribution < -0.4 is 10.9 Å². The average molecular weight is 176 g/mol. The Bertz CT molecular complexity index is 396. The molecule has 2 aliphatic rings. The van der Waals surface area contributed by atoms with Crippen molar-refractivity contribution in [3.8, 4) is 0 Å². The van der Waals surface area contributed by atoms with Crippen molar-refractivity contribution in [3.05, 3.63) is 34.2 Å². The van der Waals surface area contributed by atoms with E-state index < -0.39 is 0 Å². The third kappa shape index (κ3) is 0.907. The molecule has 0 unspecified atom stereocenters. The second kappa shape index (κ2) is 2.45. The lowest BCUT2D eigenvalue weighted by atomic mass is 9.97. The lowest BCUT2D eigenvalue weighted by Gasteiger charge is -2.05. The van der Waals surface area contributed by atoms with Gasteiger partial charge in [0.05, 0.1) is 0 Å². The first-order valence-corrected chi connectivity index (χ1v) is 4.77. The molecule has 0 aromatic carbocycles. The van der Waals surface area contributed by atoms with Crippen molar-refractivity contribution < 1.29 is 0 Å². The van der Waals surface area contributed by atoms with Crippen molar-refractivity contribution >= 4 is 0 Å². The number of hydrogen-bond donors (Lipinski definition) is 1. The Labute approximate surface area is 76.4 Å². The topological polar surface area (TPSA) is 34.0 Å². The first-order chi connectivity index (χ1) is 6.36. The number of hydrogen-bond acceptors (Lipinski definition) is 2. The van der Waals surface area contributed by atoms with Gasteiger partial charge in [-0.25, -0.2) is 0 Å². The molecule has 0 aliphatic carbocycles. The molecular formula is C10H12N2O. The molecule has 0 spiro atoms. The number of nitrogens with zero attached hydrogens (tertiary/aromatic N) is 1. The van der Waals surface area contributed by atoms with E-state index in [0.717, 1.165) is 19.6 Å². The van der Waals surface area contributed by atoms with Gasteiger partial charge in [0.15, 0.2) is 0 Å². The summed E-state index contributed by atoms with van der Waals surface area (Å²) in [7, 11) is 0. The minimum atomic E-state index is 0.159. The number of pyridine rings is 1. The molecule has 1 aromatic rings. The van der Waals surface area contributed by atoms with Gasteiger partial charge in [-0.15, -0.1) is 0 Å². The molecule has 3 nitrogen and oxygen atoms in total. The average Bonchev–Trinajstić information content (AvgIpc) is 2.65. The Morgan fingerprint density at radius 2 is 2.31 bits per heavy atom. The van der Waals surface area contributed by atoms with Crippen molar-refractivity contribution in [3.63, 3.8) is 0 Å². The smallest absolute Gasteiger partial charge is 0.250 e. The van der Waals surface area contributed by atoms with Crippen LogP contribution in [-0.2, 0) is 6.54 Å². The third-order valence-corrected chi connectivity index (χ3v) is 3.22. The van der Waals surface area contributed by atoms with Crippen LogP contribution in [0.4, 0.5) is 0 Å².